The number of carbonyl (C=O) groups is 2. The van der Waals surface area contributed by atoms with Crippen molar-refractivity contribution >= 4 is 11.8 Å². The van der Waals surface area contributed by atoms with Crippen LogP contribution in [0.15, 0.2) is 73.7 Å². The van der Waals surface area contributed by atoms with E-state index in [1.54, 1.807) is 12.2 Å². The second-order valence-electron chi connectivity index (χ2n) is 9.97. The first-order valence-electron chi connectivity index (χ1n) is 12.1. The summed E-state index contributed by atoms with van der Waals surface area (Å²) in [7, 11) is 0. The summed E-state index contributed by atoms with van der Waals surface area (Å²) >= 11 is 0. The number of hydrogen-bond donors (Lipinski definition) is 2. The maximum Gasteiger partial charge on any atom is 0.315 e. The molecule has 0 spiro atoms. The van der Waals surface area contributed by atoms with E-state index in [1.165, 1.54) is 11.1 Å². The van der Waals surface area contributed by atoms with Gasteiger partial charge in [0, 0.05) is 32.3 Å². The molecule has 2 heterocycles. The first-order valence-corrected chi connectivity index (χ1v) is 12.1. The number of imidazole rings is 1. The molecule has 6 nitrogen and oxygen atoms in total. The standard InChI is InChI=1S/C28H32N4O2.2H2/c1-3-7-20(4-2)17-30-26(34)31-28-13-10-27(11-14-28,12-15-28)25(33)16-23-21-8-5-6-9-22(21)24-18-29-19-32(23)24;;/h3-9,18-19,23H,1-2,10-17H2,(H2,30,31,34);2*1H/b20-7+;;. The number of amides is 2. The zero-order valence-electron chi connectivity index (χ0n) is 19.6. The molecule has 1 unspecified atom stereocenters. The number of aromatic nitrogens is 2. The Morgan fingerprint density at radius 2 is 1.88 bits per heavy atom. The third-order valence-corrected chi connectivity index (χ3v) is 8.24. The largest absolute Gasteiger partial charge is 0.334 e. The summed E-state index contributed by atoms with van der Waals surface area (Å²) in [6, 6.07) is 8.20. The minimum atomic E-state index is -0.263. The Labute approximate surface area is 203 Å². The number of urea groups is 1. The fourth-order valence-electron chi connectivity index (χ4n) is 6.14. The second kappa shape index (κ2) is 8.75. The number of Topliss-reactive ketones (excluding diaryl/α,β-unsaturated/α-hetero) is 1. The van der Waals surface area contributed by atoms with Gasteiger partial charge in [0.2, 0.25) is 0 Å². The Kier molecular flexibility index (Phi) is 5.76. The Morgan fingerprint density at radius 1 is 1.15 bits per heavy atom. The fourth-order valence-corrected chi connectivity index (χ4v) is 6.14. The number of rotatable bonds is 8. The Bertz CT molecular complexity index is 1160. The third-order valence-electron chi connectivity index (χ3n) is 8.24. The van der Waals surface area contributed by atoms with Crippen LogP contribution < -0.4 is 10.6 Å². The molecule has 34 heavy (non-hydrogen) atoms. The molecule has 3 saturated carbocycles. The van der Waals surface area contributed by atoms with Crippen LogP contribution >= 0.6 is 0 Å². The molecule has 6 heteroatoms. The topological polar surface area (TPSA) is 76.0 Å². The van der Waals surface area contributed by atoms with E-state index in [9.17, 15) is 9.59 Å². The van der Waals surface area contributed by atoms with Crippen LogP contribution in [-0.2, 0) is 4.79 Å². The Balaban J connectivity index is 0.00000180. The molecule has 1 aromatic carbocycles. The first kappa shape index (κ1) is 22.4. The molecular weight excluding hydrogens is 424 g/mol. The number of fused-ring (bicyclic) bond motifs is 6. The number of nitrogens with zero attached hydrogens (tertiary/aromatic N) is 2. The number of nitrogens with one attached hydrogen (secondary N) is 2. The number of allylic oxidation sites excluding steroid dienone is 2. The lowest BCUT2D eigenvalue weighted by Gasteiger charge is -2.53. The van der Waals surface area contributed by atoms with E-state index in [0.717, 1.165) is 49.8 Å². The van der Waals surface area contributed by atoms with Gasteiger partial charge < -0.3 is 15.2 Å². The average Bonchev–Trinajstić information content (AvgIpc) is 3.45. The summed E-state index contributed by atoms with van der Waals surface area (Å²) in [4.78, 5) is 30.6. The molecule has 2 N–H and O–H groups in total. The predicted molar refractivity (Wildman–Crippen MR) is 138 cm³/mol. The molecule has 1 atom stereocenters. The molecule has 3 fully saturated rings. The molecule has 180 valence electrons. The molecule has 6 rings (SSSR count). The molecule has 2 amide bonds. The van der Waals surface area contributed by atoms with Gasteiger partial charge in [0.1, 0.15) is 5.78 Å². The van der Waals surface area contributed by atoms with Crippen molar-refractivity contribution < 1.29 is 12.4 Å². The van der Waals surface area contributed by atoms with Crippen molar-refractivity contribution in [1.82, 2.24) is 20.2 Å². The van der Waals surface area contributed by atoms with Gasteiger partial charge >= 0.3 is 6.03 Å². The van der Waals surface area contributed by atoms with Crippen molar-refractivity contribution in [2.75, 3.05) is 6.54 Å². The zero-order valence-corrected chi connectivity index (χ0v) is 19.6. The van der Waals surface area contributed by atoms with Crippen molar-refractivity contribution in [3.05, 3.63) is 79.3 Å². The van der Waals surface area contributed by atoms with Crippen LogP contribution in [0, 0.1) is 5.41 Å². The Morgan fingerprint density at radius 3 is 2.59 bits per heavy atom. The van der Waals surface area contributed by atoms with Crippen LogP contribution in [0.2, 0.25) is 0 Å². The third kappa shape index (κ3) is 3.81. The number of benzene rings is 1. The molecular formula is C28H36N4O2. The summed E-state index contributed by atoms with van der Waals surface area (Å²) in [5.41, 5.74) is 3.93. The number of hydrogen-bond acceptors (Lipinski definition) is 3. The van der Waals surface area contributed by atoms with Crippen molar-refractivity contribution in [2.45, 2.75) is 56.5 Å². The molecule has 1 aliphatic heterocycles. The molecule has 2 aromatic rings. The van der Waals surface area contributed by atoms with Crippen LogP contribution in [0.5, 0.6) is 0 Å². The molecule has 4 aliphatic rings. The minimum absolute atomic E-state index is 0. The van der Waals surface area contributed by atoms with Gasteiger partial charge in [-0.25, -0.2) is 9.78 Å². The van der Waals surface area contributed by atoms with E-state index in [2.05, 4.69) is 45.5 Å². The number of carbonyl (C=O) groups excluding carboxylic acids is 2. The molecule has 0 saturated heterocycles. The quantitative estimate of drug-likeness (QED) is 0.504. The van der Waals surface area contributed by atoms with Gasteiger partial charge in [-0.1, -0.05) is 55.7 Å². The van der Waals surface area contributed by atoms with Crippen molar-refractivity contribution in [1.29, 1.82) is 0 Å². The van der Waals surface area contributed by atoms with Gasteiger partial charge in [-0.05, 0) is 49.7 Å². The van der Waals surface area contributed by atoms with Crippen molar-refractivity contribution in [2.24, 2.45) is 5.41 Å². The van der Waals surface area contributed by atoms with Crippen molar-refractivity contribution in [3.63, 3.8) is 0 Å². The van der Waals surface area contributed by atoms with E-state index >= 15 is 0 Å². The maximum atomic E-state index is 13.7. The lowest BCUT2D eigenvalue weighted by Crippen LogP contribution is -2.60. The molecule has 0 radical (unpaired) electrons. The van der Waals surface area contributed by atoms with E-state index in [4.69, 9.17) is 0 Å². The van der Waals surface area contributed by atoms with Crippen LogP contribution in [0.25, 0.3) is 11.3 Å². The van der Waals surface area contributed by atoms with Gasteiger partial charge in [-0.3, -0.25) is 4.79 Å². The van der Waals surface area contributed by atoms with Crippen LogP contribution in [0.3, 0.4) is 0 Å². The SMILES string of the molecule is C=C/C=C(\C=C)CNC(=O)NC12CCC(C(=O)CC3c4ccccc4-c4cncn43)(CC1)CC2.[HH].[HH]. The lowest BCUT2D eigenvalue weighted by atomic mass is 9.55. The second-order valence-corrected chi connectivity index (χ2v) is 9.97. The van der Waals surface area contributed by atoms with Crippen LogP contribution in [-0.4, -0.2) is 33.4 Å². The summed E-state index contributed by atoms with van der Waals surface area (Å²) < 4.78 is 2.15. The van der Waals surface area contributed by atoms with E-state index in [-0.39, 0.29) is 25.9 Å². The smallest absolute Gasteiger partial charge is 0.315 e. The van der Waals surface area contributed by atoms with Gasteiger partial charge in [0.05, 0.1) is 24.3 Å². The average molecular weight is 461 g/mol. The summed E-state index contributed by atoms with van der Waals surface area (Å²) in [5.74, 6) is 0.358. The summed E-state index contributed by atoms with van der Waals surface area (Å²) in [6.07, 6.45) is 14.5. The van der Waals surface area contributed by atoms with Crippen LogP contribution in [0.1, 0.15) is 59.4 Å². The lowest BCUT2D eigenvalue weighted by molar-refractivity contribution is -0.136. The number of ketones is 1. The fraction of sp³-hybridized carbons (Fsp3) is 0.393. The molecule has 3 aliphatic carbocycles. The highest BCUT2D eigenvalue weighted by atomic mass is 16.2. The zero-order chi connectivity index (χ0) is 23.8. The molecule has 2 bridgehead atoms. The molecule has 1 aromatic heterocycles. The normalized spacial score (nSPS) is 26.9. The monoisotopic (exact) mass is 460 g/mol. The van der Waals surface area contributed by atoms with Crippen LogP contribution in [0.4, 0.5) is 4.79 Å². The van der Waals surface area contributed by atoms with Gasteiger partial charge in [0.15, 0.2) is 0 Å². The van der Waals surface area contributed by atoms with Gasteiger partial charge in [0.25, 0.3) is 0 Å². The van der Waals surface area contributed by atoms with E-state index in [0.29, 0.717) is 18.7 Å². The van der Waals surface area contributed by atoms with E-state index in [1.807, 2.05) is 30.7 Å². The van der Waals surface area contributed by atoms with E-state index < -0.39 is 0 Å². The highest BCUT2D eigenvalue weighted by molar-refractivity contribution is 5.87. The highest BCUT2D eigenvalue weighted by Gasteiger charge is 2.53. The summed E-state index contributed by atoms with van der Waals surface area (Å²) in [5, 5.41) is 6.16. The van der Waals surface area contributed by atoms with Crippen molar-refractivity contribution in [3.8, 4) is 11.3 Å². The predicted octanol–water partition coefficient (Wildman–Crippen LogP) is 5.59. The highest BCUT2D eigenvalue weighted by Crippen LogP contribution is 2.54. The maximum absolute atomic E-state index is 13.7. The first-order chi connectivity index (χ1) is 16.5. The summed E-state index contributed by atoms with van der Waals surface area (Å²) in [6.45, 7) is 7.87. The minimum Gasteiger partial charge on any atom is -0.334 e. The Hall–Kier alpha value is -3.41. The van der Waals surface area contributed by atoms with Gasteiger partial charge in [-0.15, -0.1) is 0 Å². The van der Waals surface area contributed by atoms with Gasteiger partial charge in [-0.2, -0.15) is 0 Å².